The molecule has 0 radical (unpaired) electrons. The Hall–Kier alpha value is -1.42. The van der Waals surface area contributed by atoms with Crippen molar-refractivity contribution in [2.45, 2.75) is 230 Å². The van der Waals surface area contributed by atoms with Gasteiger partial charge in [-0.3, -0.25) is 9.35 Å². The van der Waals surface area contributed by atoms with Crippen molar-refractivity contribution < 1.29 is 51.8 Å². The number of ether oxygens (including phenoxy) is 2. The second kappa shape index (κ2) is 34.4. The third-order valence-electron chi connectivity index (χ3n) is 10.5. The van der Waals surface area contributed by atoms with Crippen LogP contribution in [0.4, 0.5) is 0 Å². The summed E-state index contributed by atoms with van der Waals surface area (Å²) in [5.41, 5.74) is 0. The van der Waals surface area contributed by atoms with Crippen LogP contribution >= 0.6 is 0 Å². The number of aliphatic hydroxyl groups excluding tert-OH is 4. The van der Waals surface area contributed by atoms with Gasteiger partial charge in [0, 0.05) is 6.42 Å². The van der Waals surface area contributed by atoms with E-state index < -0.39 is 59.9 Å². The van der Waals surface area contributed by atoms with Gasteiger partial charge in [-0.2, -0.15) is 8.42 Å². The molecule has 1 fully saturated rings. The molecule has 0 aliphatic carbocycles. The van der Waals surface area contributed by atoms with Crippen molar-refractivity contribution in [2.75, 3.05) is 13.2 Å². The summed E-state index contributed by atoms with van der Waals surface area (Å²) in [5, 5.41) is 44.6. The van der Waals surface area contributed by atoms with E-state index in [9.17, 15) is 33.6 Å². The molecule has 330 valence electrons. The summed E-state index contributed by atoms with van der Waals surface area (Å²) in [6.07, 6.45) is 29.4. The first-order chi connectivity index (χ1) is 27.0. The molecule has 6 N–H and O–H groups in total. The summed E-state index contributed by atoms with van der Waals surface area (Å²) in [6.45, 7) is 3.33. The maximum absolute atomic E-state index is 13.0. The molecule has 1 aliphatic heterocycles. The Labute approximate surface area is 340 Å². The third-order valence-corrected chi connectivity index (χ3v) is 10.9. The second-order valence-corrected chi connectivity index (χ2v) is 16.7. The number of unbranched alkanes of at least 4 members (excludes halogenated alkanes) is 23. The standard InChI is InChI=1S/C43H81NO11S/c1-3-5-7-9-11-13-15-16-17-18-19-20-21-23-24-26-28-30-32-37(46)36(44-39(47)33-31-29-27-25-22-14-12-10-8-6-4-2)35-53-43-41(49)42(55-56(50,51)52)40(48)38(34-45)54-43/h10,12,30,32,36-38,40-43,45-46,48-49H,3-9,11,13-29,31,33-35H2,1-2H3,(H,44,47)(H,50,51,52)/b12-10-,32-30+. The van der Waals surface area contributed by atoms with Gasteiger partial charge in [0.15, 0.2) is 6.29 Å². The molecule has 0 aromatic carbocycles. The zero-order chi connectivity index (χ0) is 41.3. The monoisotopic (exact) mass is 820 g/mol. The van der Waals surface area contributed by atoms with Gasteiger partial charge in [0.2, 0.25) is 5.91 Å². The summed E-state index contributed by atoms with van der Waals surface area (Å²) in [5.74, 6) is -0.274. The van der Waals surface area contributed by atoms with Gasteiger partial charge >= 0.3 is 10.4 Å². The Bertz CT molecular complexity index is 1110. The lowest BCUT2D eigenvalue weighted by atomic mass is 9.99. The molecule has 7 atom stereocenters. The molecule has 0 bridgehead atoms. The van der Waals surface area contributed by atoms with Gasteiger partial charge in [0.1, 0.15) is 24.4 Å². The topological polar surface area (TPSA) is 192 Å². The summed E-state index contributed by atoms with van der Waals surface area (Å²) >= 11 is 0. The van der Waals surface area contributed by atoms with Crippen LogP contribution in [0.2, 0.25) is 0 Å². The molecule has 0 spiro atoms. The highest BCUT2D eigenvalue weighted by molar-refractivity contribution is 7.80. The van der Waals surface area contributed by atoms with Crippen LogP contribution < -0.4 is 5.32 Å². The first-order valence-electron chi connectivity index (χ1n) is 22.2. The number of aliphatic hydroxyl groups is 4. The highest BCUT2D eigenvalue weighted by atomic mass is 32.3. The maximum Gasteiger partial charge on any atom is 0.397 e. The van der Waals surface area contributed by atoms with Crippen LogP contribution in [0.15, 0.2) is 24.3 Å². The minimum Gasteiger partial charge on any atom is -0.394 e. The zero-order valence-corrected chi connectivity index (χ0v) is 35.8. The Balaban J connectivity index is 2.54. The molecule has 0 saturated carbocycles. The lowest BCUT2D eigenvalue weighted by molar-refractivity contribution is -0.298. The molecular weight excluding hydrogens is 739 g/mol. The van der Waals surface area contributed by atoms with Crippen molar-refractivity contribution in [1.29, 1.82) is 0 Å². The summed E-state index contributed by atoms with van der Waals surface area (Å²) < 4.78 is 47.5. The van der Waals surface area contributed by atoms with E-state index in [0.29, 0.717) is 6.42 Å². The van der Waals surface area contributed by atoms with E-state index in [1.54, 1.807) is 6.08 Å². The van der Waals surface area contributed by atoms with Crippen molar-refractivity contribution in [1.82, 2.24) is 5.32 Å². The van der Waals surface area contributed by atoms with Crippen LogP contribution in [0, 0.1) is 0 Å². The van der Waals surface area contributed by atoms with Crippen LogP contribution in [0.3, 0.4) is 0 Å². The smallest absolute Gasteiger partial charge is 0.394 e. The van der Waals surface area contributed by atoms with Crippen LogP contribution in [0.5, 0.6) is 0 Å². The fourth-order valence-corrected chi connectivity index (χ4v) is 7.47. The molecule has 56 heavy (non-hydrogen) atoms. The second-order valence-electron chi connectivity index (χ2n) is 15.6. The van der Waals surface area contributed by atoms with Crippen molar-refractivity contribution in [3.05, 3.63) is 24.3 Å². The highest BCUT2D eigenvalue weighted by Gasteiger charge is 2.48. The molecule has 7 unspecified atom stereocenters. The van der Waals surface area contributed by atoms with Crippen LogP contribution in [-0.2, 0) is 28.9 Å². The number of nitrogens with one attached hydrogen (secondary N) is 1. The largest absolute Gasteiger partial charge is 0.397 e. The van der Waals surface area contributed by atoms with Gasteiger partial charge in [-0.25, -0.2) is 4.18 Å². The first-order valence-corrected chi connectivity index (χ1v) is 23.6. The van der Waals surface area contributed by atoms with E-state index in [4.69, 9.17) is 14.0 Å². The van der Waals surface area contributed by atoms with E-state index in [2.05, 4.69) is 35.5 Å². The number of carbonyl (C=O) groups is 1. The normalized spacial score (nSPS) is 21.6. The quantitative estimate of drug-likeness (QED) is 0.0201. The molecule has 13 heteroatoms. The van der Waals surface area contributed by atoms with Gasteiger partial charge in [-0.1, -0.05) is 167 Å². The number of rotatable bonds is 37. The molecule has 0 aromatic heterocycles. The van der Waals surface area contributed by atoms with Crippen molar-refractivity contribution in [3.63, 3.8) is 0 Å². The molecule has 1 aliphatic rings. The van der Waals surface area contributed by atoms with Gasteiger partial charge in [-0.05, 0) is 38.5 Å². The van der Waals surface area contributed by atoms with E-state index in [1.165, 1.54) is 103 Å². The van der Waals surface area contributed by atoms with E-state index >= 15 is 0 Å². The number of carbonyl (C=O) groups excluding carboxylic acids is 1. The minimum absolute atomic E-state index is 0.259. The van der Waals surface area contributed by atoms with Gasteiger partial charge < -0.3 is 35.2 Å². The Kier molecular flexibility index (Phi) is 32.4. The van der Waals surface area contributed by atoms with Crippen molar-refractivity contribution in [2.24, 2.45) is 0 Å². The Morgan fingerprint density at radius 1 is 0.696 bits per heavy atom. The highest BCUT2D eigenvalue weighted by Crippen LogP contribution is 2.26. The predicted octanol–water partition coefficient (Wildman–Crippen LogP) is 8.16. The molecular formula is C43H81NO11S. The molecule has 1 saturated heterocycles. The van der Waals surface area contributed by atoms with Crippen LogP contribution in [0.25, 0.3) is 0 Å². The maximum atomic E-state index is 13.0. The van der Waals surface area contributed by atoms with Crippen LogP contribution in [-0.4, -0.2) is 95.4 Å². The number of hydrogen-bond donors (Lipinski definition) is 6. The summed E-state index contributed by atoms with van der Waals surface area (Å²) in [7, 11) is -5.08. The predicted molar refractivity (Wildman–Crippen MR) is 222 cm³/mol. The number of hydrogen-bond acceptors (Lipinski definition) is 10. The van der Waals surface area contributed by atoms with E-state index in [1.807, 2.05) is 6.08 Å². The lowest BCUT2D eigenvalue weighted by Gasteiger charge is -2.41. The molecule has 1 rings (SSSR count). The SMILES string of the molecule is CCCC/C=C\CCCCCCCC(=O)NC(COC1OC(CO)C(O)C(OS(=O)(=O)O)C1O)C(O)/C=C/CCCCCCCCCCCCCCCCCC. The average Bonchev–Trinajstić information content (AvgIpc) is 3.16. The molecule has 12 nitrogen and oxygen atoms in total. The van der Waals surface area contributed by atoms with Gasteiger partial charge in [0.05, 0.1) is 25.4 Å². The molecule has 0 aromatic rings. The number of amides is 1. The fourth-order valence-electron chi connectivity index (χ4n) is 6.96. The first kappa shape index (κ1) is 52.6. The van der Waals surface area contributed by atoms with Gasteiger partial charge in [-0.15, -0.1) is 0 Å². The third kappa shape index (κ3) is 27.3. The number of allylic oxidation sites excluding steroid dienone is 3. The Morgan fingerprint density at radius 2 is 1.16 bits per heavy atom. The van der Waals surface area contributed by atoms with Gasteiger partial charge in [0.25, 0.3) is 0 Å². The van der Waals surface area contributed by atoms with E-state index in [0.717, 1.165) is 57.8 Å². The zero-order valence-electron chi connectivity index (χ0n) is 35.0. The van der Waals surface area contributed by atoms with E-state index in [-0.39, 0.29) is 18.9 Å². The van der Waals surface area contributed by atoms with Crippen molar-refractivity contribution >= 4 is 16.3 Å². The average molecular weight is 820 g/mol. The molecule has 1 heterocycles. The van der Waals surface area contributed by atoms with Crippen LogP contribution in [0.1, 0.15) is 187 Å². The minimum atomic E-state index is -5.08. The van der Waals surface area contributed by atoms with Crippen molar-refractivity contribution in [3.8, 4) is 0 Å². The summed E-state index contributed by atoms with van der Waals surface area (Å²) in [6, 6.07) is -0.944. The molecule has 1 amide bonds. The summed E-state index contributed by atoms with van der Waals surface area (Å²) in [4.78, 5) is 13.0. The fraction of sp³-hybridized carbons (Fsp3) is 0.884. The lowest BCUT2D eigenvalue weighted by Crippen LogP contribution is -2.61. The Morgan fingerprint density at radius 3 is 1.66 bits per heavy atom.